The SMILES string of the molecule is COC1(c2cc(F)cc(OCC#Cc3ccccc3)c2)CCOC(C)C1. The van der Waals surface area contributed by atoms with Crippen LogP contribution in [0.3, 0.4) is 0 Å². The number of hydrogen-bond acceptors (Lipinski definition) is 3. The second-order valence-corrected chi connectivity index (χ2v) is 6.47. The summed E-state index contributed by atoms with van der Waals surface area (Å²) in [6.45, 7) is 2.78. The minimum atomic E-state index is -0.548. The van der Waals surface area contributed by atoms with Gasteiger partial charge < -0.3 is 14.2 Å². The molecule has 0 N–H and O–H groups in total. The van der Waals surface area contributed by atoms with Crippen molar-refractivity contribution < 1.29 is 18.6 Å². The summed E-state index contributed by atoms with van der Waals surface area (Å²) in [4.78, 5) is 0. The van der Waals surface area contributed by atoms with Crippen LogP contribution in [-0.4, -0.2) is 26.4 Å². The highest BCUT2D eigenvalue weighted by atomic mass is 19.1. The first-order valence-electron chi connectivity index (χ1n) is 8.76. The average Bonchev–Trinajstić information content (AvgIpc) is 2.65. The first-order valence-corrected chi connectivity index (χ1v) is 8.76. The van der Waals surface area contributed by atoms with Crippen LogP contribution >= 0.6 is 0 Å². The summed E-state index contributed by atoms with van der Waals surface area (Å²) in [6.07, 6.45) is 1.43. The van der Waals surface area contributed by atoms with Crippen molar-refractivity contribution >= 4 is 0 Å². The van der Waals surface area contributed by atoms with E-state index in [1.54, 1.807) is 7.11 Å². The minimum absolute atomic E-state index is 0.0630. The van der Waals surface area contributed by atoms with Crippen molar-refractivity contribution in [3.8, 4) is 17.6 Å². The highest BCUT2D eigenvalue weighted by Crippen LogP contribution is 2.39. The van der Waals surface area contributed by atoms with Crippen molar-refractivity contribution in [2.75, 3.05) is 20.3 Å². The lowest BCUT2D eigenvalue weighted by molar-refractivity contribution is -0.122. The molecule has 3 rings (SSSR count). The van der Waals surface area contributed by atoms with Crippen molar-refractivity contribution in [1.29, 1.82) is 0 Å². The Bertz CT molecular complexity index is 794. The molecule has 1 aliphatic rings. The third-order valence-electron chi connectivity index (χ3n) is 4.63. The molecule has 0 saturated carbocycles. The molecule has 136 valence electrons. The van der Waals surface area contributed by atoms with Gasteiger partial charge in [0.05, 0.1) is 18.3 Å². The van der Waals surface area contributed by atoms with Crippen molar-refractivity contribution in [3.05, 3.63) is 65.5 Å². The fourth-order valence-corrected chi connectivity index (χ4v) is 3.30. The molecule has 0 bridgehead atoms. The molecule has 2 aromatic rings. The molecule has 4 heteroatoms. The van der Waals surface area contributed by atoms with Crippen LogP contribution in [-0.2, 0) is 15.1 Å². The van der Waals surface area contributed by atoms with E-state index >= 15 is 0 Å². The van der Waals surface area contributed by atoms with Crippen LogP contribution in [0.1, 0.15) is 30.9 Å². The third kappa shape index (κ3) is 4.43. The van der Waals surface area contributed by atoms with E-state index < -0.39 is 5.60 Å². The monoisotopic (exact) mass is 354 g/mol. The molecule has 0 aromatic heterocycles. The van der Waals surface area contributed by atoms with Crippen molar-refractivity contribution in [1.82, 2.24) is 0 Å². The molecule has 2 aromatic carbocycles. The molecule has 1 fully saturated rings. The van der Waals surface area contributed by atoms with E-state index in [0.717, 1.165) is 11.1 Å². The van der Waals surface area contributed by atoms with Gasteiger partial charge in [-0.05, 0) is 36.8 Å². The normalized spacial score (nSPS) is 22.3. The van der Waals surface area contributed by atoms with E-state index in [1.165, 1.54) is 12.1 Å². The van der Waals surface area contributed by atoms with Gasteiger partial charge >= 0.3 is 0 Å². The van der Waals surface area contributed by atoms with Crippen LogP contribution in [0.5, 0.6) is 5.75 Å². The Kier molecular flexibility index (Phi) is 5.92. The highest BCUT2D eigenvalue weighted by molar-refractivity contribution is 5.36. The summed E-state index contributed by atoms with van der Waals surface area (Å²) in [5.41, 5.74) is 1.15. The Morgan fingerprint density at radius 1 is 1.23 bits per heavy atom. The van der Waals surface area contributed by atoms with E-state index in [1.807, 2.05) is 43.3 Å². The zero-order chi connectivity index (χ0) is 18.4. The molecule has 0 radical (unpaired) electrons. The van der Waals surface area contributed by atoms with Gasteiger partial charge in [-0.1, -0.05) is 30.0 Å². The Labute approximate surface area is 154 Å². The molecule has 0 aliphatic carbocycles. The molecule has 2 unspecified atom stereocenters. The maximum atomic E-state index is 14.2. The van der Waals surface area contributed by atoms with Gasteiger partial charge in [0.15, 0.2) is 0 Å². The van der Waals surface area contributed by atoms with Crippen LogP contribution in [0.25, 0.3) is 0 Å². The summed E-state index contributed by atoms with van der Waals surface area (Å²) in [5.74, 6) is 6.09. The van der Waals surface area contributed by atoms with Gasteiger partial charge in [0.2, 0.25) is 0 Å². The first kappa shape index (κ1) is 18.4. The predicted octanol–water partition coefficient (Wildman–Crippen LogP) is 4.30. The molecule has 1 heterocycles. The summed E-state index contributed by atoms with van der Waals surface area (Å²) in [7, 11) is 1.66. The lowest BCUT2D eigenvalue weighted by Crippen LogP contribution is -2.39. The Balaban J connectivity index is 1.74. The van der Waals surface area contributed by atoms with Gasteiger partial charge in [-0.15, -0.1) is 0 Å². The van der Waals surface area contributed by atoms with Crippen molar-refractivity contribution in [3.63, 3.8) is 0 Å². The fraction of sp³-hybridized carbons (Fsp3) is 0.364. The van der Waals surface area contributed by atoms with Gasteiger partial charge in [-0.25, -0.2) is 4.39 Å². The highest BCUT2D eigenvalue weighted by Gasteiger charge is 2.38. The van der Waals surface area contributed by atoms with Crippen LogP contribution in [0, 0.1) is 17.7 Å². The zero-order valence-electron chi connectivity index (χ0n) is 15.1. The fourth-order valence-electron chi connectivity index (χ4n) is 3.30. The quantitative estimate of drug-likeness (QED) is 0.767. The second kappa shape index (κ2) is 8.35. The molecule has 1 aliphatic heterocycles. The van der Waals surface area contributed by atoms with Crippen molar-refractivity contribution in [2.45, 2.75) is 31.5 Å². The standard InChI is InChI=1S/C22H23FO3/c1-17-16-22(24-2,10-12-25-17)19-13-20(23)15-21(14-19)26-11-6-9-18-7-4-3-5-8-18/h3-5,7-8,13-15,17H,10-12,16H2,1-2H3. The molecule has 0 amide bonds. The lowest BCUT2D eigenvalue weighted by atomic mass is 9.83. The number of ether oxygens (including phenoxy) is 3. The number of benzene rings is 2. The van der Waals surface area contributed by atoms with Gasteiger partial charge in [0.1, 0.15) is 18.2 Å². The first-order chi connectivity index (χ1) is 12.6. The Morgan fingerprint density at radius 2 is 2.04 bits per heavy atom. The summed E-state index contributed by atoms with van der Waals surface area (Å²) >= 11 is 0. The van der Waals surface area contributed by atoms with E-state index in [-0.39, 0.29) is 18.5 Å². The molecule has 2 atom stereocenters. The van der Waals surface area contributed by atoms with Gasteiger partial charge in [-0.2, -0.15) is 0 Å². The minimum Gasteiger partial charge on any atom is -0.481 e. The molecule has 26 heavy (non-hydrogen) atoms. The van der Waals surface area contributed by atoms with Crippen LogP contribution < -0.4 is 4.74 Å². The predicted molar refractivity (Wildman–Crippen MR) is 98.6 cm³/mol. The number of methoxy groups -OCH3 is 1. The summed E-state index contributed by atoms with van der Waals surface area (Å²) < 4.78 is 31.2. The summed E-state index contributed by atoms with van der Waals surface area (Å²) in [6, 6.07) is 14.4. The summed E-state index contributed by atoms with van der Waals surface area (Å²) in [5, 5.41) is 0. The smallest absolute Gasteiger partial charge is 0.149 e. The third-order valence-corrected chi connectivity index (χ3v) is 4.63. The second-order valence-electron chi connectivity index (χ2n) is 6.47. The zero-order valence-corrected chi connectivity index (χ0v) is 15.1. The van der Waals surface area contributed by atoms with Gasteiger partial charge in [0, 0.05) is 31.6 Å². The maximum Gasteiger partial charge on any atom is 0.149 e. The molecule has 0 spiro atoms. The van der Waals surface area contributed by atoms with Gasteiger partial charge in [-0.3, -0.25) is 0 Å². The van der Waals surface area contributed by atoms with E-state index in [2.05, 4.69) is 11.8 Å². The Morgan fingerprint density at radius 3 is 2.77 bits per heavy atom. The van der Waals surface area contributed by atoms with E-state index in [4.69, 9.17) is 14.2 Å². The Hall–Kier alpha value is -2.35. The number of halogens is 1. The van der Waals surface area contributed by atoms with E-state index in [9.17, 15) is 4.39 Å². The molecule has 1 saturated heterocycles. The number of rotatable bonds is 4. The lowest BCUT2D eigenvalue weighted by Gasteiger charge is -2.39. The average molecular weight is 354 g/mol. The number of hydrogen-bond donors (Lipinski definition) is 0. The topological polar surface area (TPSA) is 27.7 Å². The largest absolute Gasteiger partial charge is 0.481 e. The van der Waals surface area contributed by atoms with Crippen LogP contribution in [0.4, 0.5) is 4.39 Å². The van der Waals surface area contributed by atoms with Gasteiger partial charge in [0.25, 0.3) is 0 Å². The maximum absolute atomic E-state index is 14.2. The molecular formula is C22H23FO3. The molecular weight excluding hydrogens is 331 g/mol. The van der Waals surface area contributed by atoms with Crippen LogP contribution in [0.15, 0.2) is 48.5 Å². The van der Waals surface area contributed by atoms with Crippen molar-refractivity contribution in [2.24, 2.45) is 0 Å². The van der Waals surface area contributed by atoms with E-state index in [0.29, 0.717) is 25.2 Å². The van der Waals surface area contributed by atoms with Crippen LogP contribution in [0.2, 0.25) is 0 Å². The molecule has 3 nitrogen and oxygen atoms in total.